The molecule has 0 aliphatic carbocycles. The Balaban J connectivity index is 2.38. The molecule has 1 fully saturated rings. The summed E-state index contributed by atoms with van der Waals surface area (Å²) in [7, 11) is 1.33. The number of esters is 3. The van der Waals surface area contributed by atoms with Gasteiger partial charge in [-0.05, 0) is 38.8 Å². The van der Waals surface area contributed by atoms with Crippen LogP contribution in [0.2, 0.25) is 0 Å². The standard InChI is InChI=1S/C27H38N2O9/c1-7-9-11-19-22(38-25(32)15(3)8-2)17(5)37-27(34)21(16(4)36-26(19)33)29-24(31)18-12-10-13-20(28-14-30)23(18)35-6/h10,12-17,19,21-22H,7-9,11H2,1-6H3,(H,28,30)(H,29,31). The lowest BCUT2D eigenvalue weighted by atomic mass is 9.92. The van der Waals surface area contributed by atoms with Gasteiger partial charge in [-0.2, -0.15) is 0 Å². The van der Waals surface area contributed by atoms with Crippen LogP contribution in [0.1, 0.15) is 70.7 Å². The van der Waals surface area contributed by atoms with E-state index in [2.05, 4.69) is 10.6 Å². The van der Waals surface area contributed by atoms with Crippen LogP contribution < -0.4 is 15.4 Å². The number of nitrogens with one attached hydrogen (secondary N) is 2. The highest BCUT2D eigenvalue weighted by atomic mass is 16.6. The van der Waals surface area contributed by atoms with Crippen molar-refractivity contribution in [2.75, 3.05) is 12.4 Å². The normalized spacial score (nSPS) is 24.4. The topological polar surface area (TPSA) is 146 Å². The molecule has 2 N–H and O–H groups in total. The maximum absolute atomic E-state index is 13.3. The Morgan fingerprint density at radius 1 is 1.11 bits per heavy atom. The second kappa shape index (κ2) is 14.3. The number of hydrogen-bond donors (Lipinski definition) is 2. The fourth-order valence-corrected chi connectivity index (χ4v) is 4.12. The average molecular weight is 535 g/mol. The molecule has 6 atom stereocenters. The first-order valence-corrected chi connectivity index (χ1v) is 12.9. The summed E-state index contributed by atoms with van der Waals surface area (Å²) in [5.41, 5.74) is 0.296. The Kier molecular flexibility index (Phi) is 11.5. The molecule has 2 amide bonds. The van der Waals surface area contributed by atoms with Gasteiger partial charge in [-0.1, -0.05) is 39.7 Å². The van der Waals surface area contributed by atoms with Gasteiger partial charge >= 0.3 is 17.9 Å². The third-order valence-corrected chi connectivity index (χ3v) is 6.59. The molecular weight excluding hydrogens is 496 g/mol. The highest BCUT2D eigenvalue weighted by Gasteiger charge is 2.44. The number of carbonyl (C=O) groups is 5. The summed E-state index contributed by atoms with van der Waals surface area (Å²) < 4.78 is 22.3. The Bertz CT molecular complexity index is 1010. The van der Waals surface area contributed by atoms with Crippen LogP contribution in [0.15, 0.2) is 18.2 Å². The Morgan fingerprint density at radius 2 is 1.79 bits per heavy atom. The smallest absolute Gasteiger partial charge is 0.332 e. The summed E-state index contributed by atoms with van der Waals surface area (Å²) >= 11 is 0. The lowest BCUT2D eigenvalue weighted by Crippen LogP contribution is -2.50. The van der Waals surface area contributed by atoms with Gasteiger partial charge in [-0.25, -0.2) is 4.79 Å². The van der Waals surface area contributed by atoms with Crippen molar-refractivity contribution in [1.82, 2.24) is 5.32 Å². The molecule has 1 aliphatic rings. The van der Waals surface area contributed by atoms with Crippen molar-refractivity contribution in [3.63, 3.8) is 0 Å². The molecule has 6 unspecified atom stereocenters. The molecule has 2 rings (SSSR count). The molecule has 11 nitrogen and oxygen atoms in total. The van der Waals surface area contributed by atoms with Gasteiger partial charge in [-0.3, -0.25) is 19.2 Å². The van der Waals surface area contributed by atoms with Gasteiger partial charge in [0.05, 0.1) is 30.2 Å². The number of para-hydroxylation sites is 1. The minimum absolute atomic E-state index is 0.0415. The van der Waals surface area contributed by atoms with E-state index in [0.29, 0.717) is 25.7 Å². The quantitative estimate of drug-likeness (QED) is 0.248. The molecule has 0 radical (unpaired) electrons. The number of carbonyl (C=O) groups excluding carboxylic acids is 5. The first-order valence-electron chi connectivity index (χ1n) is 12.9. The van der Waals surface area contributed by atoms with Crippen LogP contribution in [-0.4, -0.2) is 61.7 Å². The average Bonchev–Trinajstić information content (AvgIpc) is 2.92. The van der Waals surface area contributed by atoms with Gasteiger partial charge in [0.1, 0.15) is 12.2 Å². The van der Waals surface area contributed by atoms with Crippen molar-refractivity contribution in [1.29, 1.82) is 0 Å². The third-order valence-electron chi connectivity index (χ3n) is 6.59. The molecule has 1 aliphatic heterocycles. The molecule has 1 aromatic rings. The fraction of sp³-hybridized carbons (Fsp3) is 0.593. The molecule has 0 bridgehead atoms. The summed E-state index contributed by atoms with van der Waals surface area (Å²) in [6, 6.07) is 3.17. The van der Waals surface area contributed by atoms with Gasteiger partial charge in [0.25, 0.3) is 5.91 Å². The van der Waals surface area contributed by atoms with E-state index >= 15 is 0 Å². The summed E-state index contributed by atoms with van der Waals surface area (Å²) in [6.07, 6.45) is -0.319. The van der Waals surface area contributed by atoms with Crippen LogP contribution in [0.3, 0.4) is 0 Å². The molecular formula is C27H38N2O9. The second-order valence-corrected chi connectivity index (χ2v) is 9.34. The number of unbranched alkanes of at least 4 members (excludes halogenated alkanes) is 1. The monoisotopic (exact) mass is 534 g/mol. The lowest BCUT2D eigenvalue weighted by Gasteiger charge is -2.30. The van der Waals surface area contributed by atoms with Crippen molar-refractivity contribution < 1.29 is 42.9 Å². The van der Waals surface area contributed by atoms with Crippen LogP contribution in [0.25, 0.3) is 0 Å². The number of anilines is 1. The van der Waals surface area contributed by atoms with Gasteiger partial charge in [0.15, 0.2) is 17.9 Å². The minimum atomic E-state index is -1.36. The number of methoxy groups -OCH3 is 1. The van der Waals surface area contributed by atoms with E-state index in [-0.39, 0.29) is 17.0 Å². The minimum Gasteiger partial charge on any atom is -0.494 e. The highest BCUT2D eigenvalue weighted by molar-refractivity contribution is 6.01. The third kappa shape index (κ3) is 7.45. The first-order chi connectivity index (χ1) is 18.1. The SMILES string of the molecule is CCCCC1C(=O)OC(C)C(NC(=O)c2cccc(NC=O)c2OC)C(=O)OC(C)C1OC(=O)C(C)CC. The molecule has 1 saturated heterocycles. The van der Waals surface area contributed by atoms with Crippen LogP contribution in [0.4, 0.5) is 5.69 Å². The molecule has 0 aromatic heterocycles. The van der Waals surface area contributed by atoms with Crippen molar-refractivity contribution in [3.8, 4) is 5.75 Å². The zero-order valence-electron chi connectivity index (χ0n) is 22.8. The van der Waals surface area contributed by atoms with Crippen LogP contribution in [0.5, 0.6) is 5.75 Å². The van der Waals surface area contributed by atoms with Crippen LogP contribution >= 0.6 is 0 Å². The number of ether oxygens (including phenoxy) is 4. The van der Waals surface area contributed by atoms with Crippen molar-refractivity contribution >= 4 is 35.9 Å². The van der Waals surface area contributed by atoms with E-state index in [1.54, 1.807) is 19.9 Å². The number of benzene rings is 1. The highest BCUT2D eigenvalue weighted by Crippen LogP contribution is 2.30. The summed E-state index contributed by atoms with van der Waals surface area (Å²) in [5, 5.41) is 5.01. The van der Waals surface area contributed by atoms with E-state index in [0.717, 1.165) is 6.42 Å². The van der Waals surface area contributed by atoms with E-state index in [1.807, 2.05) is 13.8 Å². The zero-order chi connectivity index (χ0) is 28.4. The van der Waals surface area contributed by atoms with E-state index in [4.69, 9.17) is 18.9 Å². The van der Waals surface area contributed by atoms with Gasteiger partial charge in [0.2, 0.25) is 6.41 Å². The summed E-state index contributed by atoms with van der Waals surface area (Å²) in [5.74, 6) is -3.88. The number of rotatable bonds is 11. The molecule has 0 spiro atoms. The Hall–Kier alpha value is -3.63. The first kappa shape index (κ1) is 30.6. The molecule has 1 heterocycles. The van der Waals surface area contributed by atoms with Gasteiger partial charge in [-0.15, -0.1) is 0 Å². The predicted octanol–water partition coefficient (Wildman–Crippen LogP) is 3.00. The number of hydrogen-bond acceptors (Lipinski definition) is 9. The summed E-state index contributed by atoms with van der Waals surface area (Å²) in [4.78, 5) is 63.2. The largest absolute Gasteiger partial charge is 0.494 e. The van der Waals surface area contributed by atoms with Gasteiger partial charge in [0, 0.05) is 0 Å². The van der Waals surface area contributed by atoms with Gasteiger partial charge < -0.3 is 29.6 Å². The van der Waals surface area contributed by atoms with Crippen molar-refractivity contribution in [2.24, 2.45) is 11.8 Å². The maximum atomic E-state index is 13.3. The predicted molar refractivity (Wildman–Crippen MR) is 137 cm³/mol. The lowest BCUT2D eigenvalue weighted by molar-refractivity contribution is -0.177. The van der Waals surface area contributed by atoms with Crippen molar-refractivity contribution in [2.45, 2.75) is 84.7 Å². The second-order valence-electron chi connectivity index (χ2n) is 9.34. The number of amides is 2. The Morgan fingerprint density at radius 3 is 2.39 bits per heavy atom. The van der Waals surface area contributed by atoms with E-state index in [9.17, 15) is 24.0 Å². The van der Waals surface area contributed by atoms with E-state index < -0.39 is 60.0 Å². The van der Waals surface area contributed by atoms with Crippen molar-refractivity contribution in [3.05, 3.63) is 23.8 Å². The zero-order valence-corrected chi connectivity index (χ0v) is 22.8. The van der Waals surface area contributed by atoms with Crippen LogP contribution in [-0.2, 0) is 33.4 Å². The molecule has 1 aromatic carbocycles. The van der Waals surface area contributed by atoms with E-state index in [1.165, 1.54) is 26.2 Å². The fourth-order valence-electron chi connectivity index (χ4n) is 4.12. The Labute approximate surface area is 222 Å². The molecule has 11 heteroatoms. The number of cyclic esters (lactones) is 2. The molecule has 0 saturated carbocycles. The molecule has 38 heavy (non-hydrogen) atoms. The molecule has 210 valence electrons. The maximum Gasteiger partial charge on any atom is 0.332 e. The van der Waals surface area contributed by atoms with Crippen LogP contribution in [0, 0.1) is 11.8 Å². The summed E-state index contributed by atoms with van der Waals surface area (Å²) in [6.45, 7) is 8.54.